The van der Waals surface area contributed by atoms with Crippen LogP contribution in [0.5, 0.6) is 0 Å². The number of nitrogens with zero attached hydrogens (tertiary/aromatic N) is 5. The van der Waals surface area contributed by atoms with Crippen LogP contribution in [0.4, 0.5) is 5.69 Å². The smallest absolute Gasteiger partial charge is 0.311 e. The minimum absolute atomic E-state index is 0.147. The van der Waals surface area contributed by atoms with Crippen LogP contribution < -0.4 is 5.32 Å². The maximum atomic E-state index is 12.7. The van der Waals surface area contributed by atoms with Gasteiger partial charge in [-0.1, -0.05) is 40.9 Å². The van der Waals surface area contributed by atoms with Crippen LogP contribution in [0.1, 0.15) is 56.1 Å². The molecular formula is C24H26BrN7O2. The van der Waals surface area contributed by atoms with Gasteiger partial charge in [-0.2, -0.15) is 0 Å². The molecule has 1 aliphatic rings. The lowest BCUT2D eigenvalue weighted by molar-refractivity contribution is -0.151. The van der Waals surface area contributed by atoms with Crippen LogP contribution in [0.15, 0.2) is 53.3 Å². The highest BCUT2D eigenvalue weighted by Crippen LogP contribution is 2.37. The number of ether oxygens (including phenoxy) is 1. The predicted octanol–water partition coefficient (Wildman–Crippen LogP) is 4.81. The summed E-state index contributed by atoms with van der Waals surface area (Å²) < 4.78 is 8.20. The summed E-state index contributed by atoms with van der Waals surface area (Å²) in [5, 5.41) is 16.4. The first-order valence-corrected chi connectivity index (χ1v) is 12.3. The van der Waals surface area contributed by atoms with E-state index in [2.05, 4.69) is 46.7 Å². The van der Waals surface area contributed by atoms with E-state index in [1.165, 1.54) is 0 Å². The van der Waals surface area contributed by atoms with E-state index in [0.29, 0.717) is 12.4 Å². The fourth-order valence-corrected chi connectivity index (χ4v) is 4.96. The fraction of sp³-hybridized carbons (Fsp3) is 0.375. The van der Waals surface area contributed by atoms with Gasteiger partial charge in [0.15, 0.2) is 5.82 Å². The Morgan fingerprint density at radius 1 is 1.24 bits per heavy atom. The number of rotatable bonds is 7. The third-order valence-corrected chi connectivity index (χ3v) is 6.87. The summed E-state index contributed by atoms with van der Waals surface area (Å²) in [5.74, 6) is 0.221. The molecule has 2 heterocycles. The summed E-state index contributed by atoms with van der Waals surface area (Å²) in [5.41, 5.74) is 3.74. The molecule has 1 saturated carbocycles. The Balaban J connectivity index is 1.53. The normalized spacial score (nSPS) is 19.1. The number of carbonyl (C=O) groups is 1. The molecule has 0 radical (unpaired) electrons. The van der Waals surface area contributed by atoms with E-state index >= 15 is 0 Å². The van der Waals surface area contributed by atoms with Crippen molar-refractivity contribution in [1.29, 1.82) is 0 Å². The molecule has 9 nitrogen and oxygen atoms in total. The van der Waals surface area contributed by atoms with E-state index < -0.39 is 0 Å². The molecule has 0 saturated heterocycles. The molecule has 0 bridgehead atoms. The number of benzene rings is 2. The second-order valence-electron chi connectivity index (χ2n) is 8.46. The van der Waals surface area contributed by atoms with Gasteiger partial charge in [0.2, 0.25) is 0 Å². The topological polar surface area (TPSA) is 111 Å². The van der Waals surface area contributed by atoms with Crippen molar-refractivity contribution in [3.05, 3.63) is 64.7 Å². The summed E-state index contributed by atoms with van der Waals surface area (Å²) in [6.45, 7) is 2.20. The number of H-pyrrole nitrogens is 1. The van der Waals surface area contributed by atoms with Gasteiger partial charge in [0, 0.05) is 10.2 Å². The number of imidazole rings is 1. The summed E-state index contributed by atoms with van der Waals surface area (Å²) in [6, 6.07) is 13.6. The Hall–Kier alpha value is -3.27. The quantitative estimate of drug-likeness (QED) is 0.334. The molecule has 4 aromatic rings. The number of halogens is 1. The molecule has 0 spiro atoms. The van der Waals surface area contributed by atoms with Crippen LogP contribution >= 0.6 is 15.9 Å². The van der Waals surface area contributed by atoms with Crippen LogP contribution in [-0.4, -0.2) is 42.8 Å². The maximum Gasteiger partial charge on any atom is 0.311 e. The van der Waals surface area contributed by atoms with Gasteiger partial charge >= 0.3 is 5.97 Å². The molecule has 176 valence electrons. The average molecular weight is 524 g/mol. The number of aromatic amines is 1. The molecular weight excluding hydrogens is 498 g/mol. The minimum atomic E-state index is -0.329. The predicted molar refractivity (Wildman–Crippen MR) is 131 cm³/mol. The summed E-state index contributed by atoms with van der Waals surface area (Å²) in [6.07, 6.45) is 5.30. The highest BCUT2D eigenvalue weighted by molar-refractivity contribution is 9.10. The second-order valence-corrected chi connectivity index (χ2v) is 9.37. The van der Waals surface area contributed by atoms with Gasteiger partial charge in [0.25, 0.3) is 0 Å². The number of nitrogens with one attached hydrogen (secondary N) is 2. The minimum Gasteiger partial charge on any atom is -0.466 e. The molecule has 0 aliphatic heterocycles. The van der Waals surface area contributed by atoms with Gasteiger partial charge in [0.1, 0.15) is 6.04 Å². The Morgan fingerprint density at radius 2 is 2.06 bits per heavy atom. The highest BCUT2D eigenvalue weighted by atomic mass is 79.9. The molecule has 3 unspecified atom stereocenters. The van der Waals surface area contributed by atoms with Crippen LogP contribution in [0.2, 0.25) is 0 Å². The van der Waals surface area contributed by atoms with E-state index in [9.17, 15) is 4.79 Å². The van der Waals surface area contributed by atoms with Crippen molar-refractivity contribution in [3.8, 4) is 0 Å². The third kappa shape index (κ3) is 4.54. The lowest BCUT2D eigenvalue weighted by Crippen LogP contribution is -2.33. The number of esters is 1. The highest BCUT2D eigenvalue weighted by Gasteiger charge is 2.37. The summed E-state index contributed by atoms with van der Waals surface area (Å²) in [4.78, 5) is 20.2. The molecule has 2 aromatic carbocycles. The zero-order chi connectivity index (χ0) is 23.5. The zero-order valence-electron chi connectivity index (χ0n) is 18.8. The van der Waals surface area contributed by atoms with Crippen molar-refractivity contribution in [1.82, 2.24) is 30.2 Å². The number of aromatic nitrogens is 6. The van der Waals surface area contributed by atoms with E-state index in [-0.39, 0.29) is 24.0 Å². The first kappa shape index (κ1) is 22.5. The van der Waals surface area contributed by atoms with Gasteiger partial charge in [-0.25, -0.2) is 9.67 Å². The standard InChI is InChI=1S/C24H26BrN7O2/c1-2-34-24(33)18-5-3-4-6-21(18)32-23(29-30-31-32)22(15-7-9-16(25)10-8-15)28-17-11-12-19-20(13-17)27-14-26-19/h7-14,18,21-22,28H,2-6H2,1H3,(H,26,27). The van der Waals surface area contributed by atoms with Gasteiger partial charge in [-0.15, -0.1) is 5.10 Å². The molecule has 2 N–H and O–H groups in total. The lowest BCUT2D eigenvalue weighted by atomic mass is 9.84. The Bertz CT molecular complexity index is 1270. The number of anilines is 1. The monoisotopic (exact) mass is 523 g/mol. The van der Waals surface area contributed by atoms with Crippen LogP contribution in [0.3, 0.4) is 0 Å². The lowest BCUT2D eigenvalue weighted by Gasteiger charge is -2.31. The second kappa shape index (κ2) is 9.92. The molecule has 3 atom stereocenters. The van der Waals surface area contributed by atoms with E-state index in [0.717, 1.165) is 52.4 Å². The molecule has 0 amide bonds. The average Bonchev–Trinajstić information content (AvgIpc) is 3.53. The fourth-order valence-electron chi connectivity index (χ4n) is 4.70. The van der Waals surface area contributed by atoms with Crippen LogP contribution in [0, 0.1) is 5.92 Å². The van der Waals surface area contributed by atoms with Crippen molar-refractivity contribution >= 4 is 38.6 Å². The van der Waals surface area contributed by atoms with Gasteiger partial charge in [0.05, 0.1) is 35.9 Å². The Labute approximate surface area is 205 Å². The summed E-state index contributed by atoms with van der Waals surface area (Å²) >= 11 is 3.52. The molecule has 10 heteroatoms. The van der Waals surface area contributed by atoms with Crippen molar-refractivity contribution < 1.29 is 9.53 Å². The van der Waals surface area contributed by atoms with E-state index in [4.69, 9.17) is 4.74 Å². The largest absolute Gasteiger partial charge is 0.466 e. The van der Waals surface area contributed by atoms with Crippen molar-refractivity contribution in [3.63, 3.8) is 0 Å². The van der Waals surface area contributed by atoms with Gasteiger partial charge < -0.3 is 15.0 Å². The third-order valence-electron chi connectivity index (χ3n) is 6.35. The van der Waals surface area contributed by atoms with E-state index in [1.807, 2.05) is 54.1 Å². The molecule has 5 rings (SSSR count). The Morgan fingerprint density at radius 3 is 2.88 bits per heavy atom. The number of tetrazole rings is 1. The summed E-state index contributed by atoms with van der Waals surface area (Å²) in [7, 11) is 0. The first-order valence-electron chi connectivity index (χ1n) is 11.5. The Kier molecular flexibility index (Phi) is 6.57. The van der Waals surface area contributed by atoms with Crippen molar-refractivity contribution in [2.45, 2.75) is 44.7 Å². The number of carbonyl (C=O) groups excluding carboxylic acids is 1. The molecule has 1 aliphatic carbocycles. The maximum absolute atomic E-state index is 12.7. The van der Waals surface area contributed by atoms with Crippen molar-refractivity contribution in [2.24, 2.45) is 5.92 Å². The van der Waals surface area contributed by atoms with Gasteiger partial charge in [-0.3, -0.25) is 4.79 Å². The SMILES string of the molecule is CCOC(=O)C1CCCCC1n1nnnc1C(Nc1ccc2[nH]cnc2c1)c1ccc(Br)cc1. The molecule has 34 heavy (non-hydrogen) atoms. The van der Waals surface area contributed by atoms with Gasteiger partial charge in [-0.05, 0) is 66.1 Å². The number of hydrogen-bond donors (Lipinski definition) is 2. The number of hydrogen-bond acceptors (Lipinski definition) is 7. The van der Waals surface area contributed by atoms with Crippen molar-refractivity contribution in [2.75, 3.05) is 11.9 Å². The molecule has 2 aromatic heterocycles. The molecule has 1 fully saturated rings. The number of fused-ring (bicyclic) bond motifs is 1. The van der Waals surface area contributed by atoms with E-state index in [1.54, 1.807) is 6.33 Å². The zero-order valence-corrected chi connectivity index (χ0v) is 20.4. The van der Waals surface area contributed by atoms with Crippen LogP contribution in [-0.2, 0) is 9.53 Å². The first-order chi connectivity index (χ1) is 16.6. The van der Waals surface area contributed by atoms with Crippen LogP contribution in [0.25, 0.3) is 11.0 Å².